The van der Waals surface area contributed by atoms with E-state index in [0.717, 1.165) is 18.0 Å². The molecule has 0 amide bonds. The maximum atomic E-state index is 5.63. The van der Waals surface area contributed by atoms with Crippen molar-refractivity contribution in [2.24, 2.45) is 0 Å². The predicted molar refractivity (Wildman–Crippen MR) is 69.7 cm³/mol. The lowest BCUT2D eigenvalue weighted by Gasteiger charge is -2.07. The van der Waals surface area contributed by atoms with Gasteiger partial charge in [-0.15, -0.1) is 11.6 Å². The molecule has 0 unspecified atom stereocenters. The highest BCUT2D eigenvalue weighted by Gasteiger charge is 1.98. The normalized spacial score (nSPS) is 10.4. The Balaban J connectivity index is 2.32. The van der Waals surface area contributed by atoms with Crippen LogP contribution < -0.4 is 10.1 Å². The van der Waals surface area contributed by atoms with E-state index in [9.17, 15) is 0 Å². The molecule has 0 aromatic heterocycles. The third kappa shape index (κ3) is 2.39. The van der Waals surface area contributed by atoms with Gasteiger partial charge in [0.25, 0.3) is 0 Å². The summed E-state index contributed by atoms with van der Waals surface area (Å²) in [5.74, 6) is 1.50. The smallest absolute Gasteiger partial charge is 0.119 e. The molecule has 2 aromatic carbocycles. The van der Waals surface area contributed by atoms with Crippen molar-refractivity contribution in [1.29, 1.82) is 0 Å². The summed E-state index contributed by atoms with van der Waals surface area (Å²) in [4.78, 5) is 0. The highest BCUT2D eigenvalue weighted by molar-refractivity contribution is 6.18. The number of hydrogen-bond acceptors (Lipinski definition) is 2. The number of nitrogens with one attached hydrogen (secondary N) is 1. The van der Waals surface area contributed by atoms with Gasteiger partial charge in [-0.3, -0.25) is 0 Å². The number of fused-ring (bicyclic) bond motifs is 1. The minimum atomic E-state index is 0.612. The minimum Gasteiger partial charge on any atom is -0.497 e. The number of hydrogen-bond donors (Lipinski definition) is 1. The summed E-state index contributed by atoms with van der Waals surface area (Å²) in [7, 11) is 1.68. The zero-order valence-corrected chi connectivity index (χ0v) is 9.92. The first-order chi connectivity index (χ1) is 7.83. The molecule has 16 heavy (non-hydrogen) atoms. The van der Waals surface area contributed by atoms with Gasteiger partial charge in [0, 0.05) is 18.1 Å². The fraction of sp³-hybridized carbons (Fsp3) is 0.231. The SMILES string of the molecule is COc1ccc2cc(NCCCl)ccc2c1. The molecule has 1 N–H and O–H groups in total. The number of benzene rings is 2. The van der Waals surface area contributed by atoms with E-state index in [-0.39, 0.29) is 0 Å². The van der Waals surface area contributed by atoms with Gasteiger partial charge in [0.05, 0.1) is 7.11 Å². The van der Waals surface area contributed by atoms with Gasteiger partial charge in [0.15, 0.2) is 0 Å². The van der Waals surface area contributed by atoms with Gasteiger partial charge < -0.3 is 10.1 Å². The van der Waals surface area contributed by atoms with Gasteiger partial charge in [-0.05, 0) is 35.0 Å². The summed E-state index contributed by atoms with van der Waals surface area (Å²) >= 11 is 5.63. The zero-order valence-electron chi connectivity index (χ0n) is 9.16. The van der Waals surface area contributed by atoms with Crippen molar-refractivity contribution in [2.75, 3.05) is 24.9 Å². The number of alkyl halides is 1. The molecule has 0 aliphatic heterocycles. The first kappa shape index (κ1) is 11.1. The Morgan fingerprint density at radius 3 is 2.62 bits per heavy atom. The first-order valence-corrected chi connectivity index (χ1v) is 5.74. The Bertz CT molecular complexity index is 484. The Labute approximate surface area is 100 Å². The molecule has 0 spiro atoms. The number of anilines is 1. The van der Waals surface area contributed by atoms with E-state index in [2.05, 4.69) is 23.5 Å². The van der Waals surface area contributed by atoms with E-state index < -0.39 is 0 Å². The summed E-state index contributed by atoms with van der Waals surface area (Å²) in [6, 6.07) is 12.3. The Hall–Kier alpha value is -1.41. The fourth-order valence-electron chi connectivity index (χ4n) is 1.65. The minimum absolute atomic E-state index is 0.612. The Kier molecular flexibility index (Phi) is 3.52. The third-order valence-electron chi connectivity index (χ3n) is 2.47. The van der Waals surface area contributed by atoms with Crippen molar-refractivity contribution in [3.05, 3.63) is 36.4 Å². The van der Waals surface area contributed by atoms with Crippen molar-refractivity contribution in [2.45, 2.75) is 0 Å². The van der Waals surface area contributed by atoms with Gasteiger partial charge in [-0.2, -0.15) is 0 Å². The molecule has 0 aliphatic rings. The van der Waals surface area contributed by atoms with Crippen LogP contribution in [0.15, 0.2) is 36.4 Å². The average Bonchev–Trinajstić information content (AvgIpc) is 2.35. The molecule has 2 aromatic rings. The molecule has 0 radical (unpaired) electrons. The van der Waals surface area contributed by atoms with Crippen molar-refractivity contribution >= 4 is 28.1 Å². The van der Waals surface area contributed by atoms with Crippen LogP contribution in [0.5, 0.6) is 5.75 Å². The van der Waals surface area contributed by atoms with Crippen molar-refractivity contribution in [1.82, 2.24) is 0 Å². The molecule has 0 bridgehead atoms. The van der Waals surface area contributed by atoms with Crippen LogP contribution in [0.4, 0.5) is 5.69 Å². The van der Waals surface area contributed by atoms with E-state index >= 15 is 0 Å². The monoisotopic (exact) mass is 235 g/mol. The summed E-state index contributed by atoms with van der Waals surface area (Å²) in [5, 5.41) is 5.62. The van der Waals surface area contributed by atoms with E-state index in [1.54, 1.807) is 7.11 Å². The number of halogens is 1. The van der Waals surface area contributed by atoms with E-state index in [1.165, 1.54) is 10.8 Å². The lowest BCUT2D eigenvalue weighted by Crippen LogP contribution is -2.01. The maximum absolute atomic E-state index is 5.63. The molecule has 0 saturated heterocycles. The molecule has 3 heteroatoms. The number of methoxy groups -OCH3 is 1. The van der Waals surface area contributed by atoms with Crippen molar-refractivity contribution in [3.8, 4) is 5.75 Å². The van der Waals surface area contributed by atoms with E-state index in [4.69, 9.17) is 16.3 Å². The second-order valence-electron chi connectivity index (χ2n) is 3.54. The van der Waals surface area contributed by atoms with Crippen LogP contribution in [0.3, 0.4) is 0 Å². The lowest BCUT2D eigenvalue weighted by molar-refractivity contribution is 0.415. The van der Waals surface area contributed by atoms with Gasteiger partial charge >= 0.3 is 0 Å². The van der Waals surface area contributed by atoms with Crippen LogP contribution in [-0.2, 0) is 0 Å². The van der Waals surface area contributed by atoms with Crippen LogP contribution in [0.25, 0.3) is 10.8 Å². The van der Waals surface area contributed by atoms with Crippen molar-refractivity contribution in [3.63, 3.8) is 0 Å². The molecule has 84 valence electrons. The van der Waals surface area contributed by atoms with Crippen LogP contribution in [0, 0.1) is 0 Å². The molecule has 2 rings (SSSR count). The third-order valence-corrected chi connectivity index (χ3v) is 2.66. The highest BCUT2D eigenvalue weighted by atomic mass is 35.5. The van der Waals surface area contributed by atoms with Crippen molar-refractivity contribution < 1.29 is 4.74 Å². The molecule has 0 heterocycles. The summed E-state index contributed by atoms with van der Waals surface area (Å²) in [6.45, 7) is 0.781. The Morgan fingerprint density at radius 1 is 1.12 bits per heavy atom. The largest absolute Gasteiger partial charge is 0.497 e. The van der Waals surface area contributed by atoms with Gasteiger partial charge in [0.2, 0.25) is 0 Å². The summed E-state index contributed by atoms with van der Waals surface area (Å²) in [5.41, 5.74) is 1.10. The second-order valence-corrected chi connectivity index (χ2v) is 3.92. The van der Waals surface area contributed by atoms with Gasteiger partial charge in [-0.1, -0.05) is 12.1 Å². The van der Waals surface area contributed by atoms with Crippen LogP contribution in [0.2, 0.25) is 0 Å². The summed E-state index contributed by atoms with van der Waals surface area (Å²) < 4.78 is 5.18. The van der Waals surface area contributed by atoms with E-state index in [0.29, 0.717) is 5.88 Å². The molecule has 2 nitrogen and oxygen atoms in total. The predicted octanol–water partition coefficient (Wildman–Crippen LogP) is 3.50. The quantitative estimate of drug-likeness (QED) is 0.819. The van der Waals surface area contributed by atoms with Gasteiger partial charge in [-0.25, -0.2) is 0 Å². The van der Waals surface area contributed by atoms with Crippen LogP contribution in [0.1, 0.15) is 0 Å². The molecular formula is C13H14ClNO. The van der Waals surface area contributed by atoms with Crippen LogP contribution >= 0.6 is 11.6 Å². The molecular weight excluding hydrogens is 222 g/mol. The highest BCUT2D eigenvalue weighted by Crippen LogP contribution is 2.23. The zero-order chi connectivity index (χ0) is 11.4. The number of rotatable bonds is 4. The number of ether oxygens (including phenoxy) is 1. The fourth-order valence-corrected chi connectivity index (χ4v) is 1.75. The lowest BCUT2D eigenvalue weighted by atomic mass is 10.1. The summed E-state index contributed by atoms with van der Waals surface area (Å²) in [6.07, 6.45) is 0. The Morgan fingerprint density at radius 2 is 1.88 bits per heavy atom. The topological polar surface area (TPSA) is 21.3 Å². The van der Waals surface area contributed by atoms with Gasteiger partial charge in [0.1, 0.15) is 5.75 Å². The maximum Gasteiger partial charge on any atom is 0.119 e. The molecule has 0 fully saturated rings. The molecule has 0 saturated carbocycles. The molecule has 0 atom stereocenters. The van der Waals surface area contributed by atoms with Crippen LogP contribution in [-0.4, -0.2) is 19.5 Å². The van der Waals surface area contributed by atoms with E-state index in [1.807, 2.05) is 18.2 Å². The standard InChI is InChI=1S/C13H14ClNO/c1-16-13-5-3-10-8-12(15-7-6-14)4-2-11(10)9-13/h2-5,8-9,15H,6-7H2,1H3. The molecule has 0 aliphatic carbocycles. The first-order valence-electron chi connectivity index (χ1n) is 5.21. The second kappa shape index (κ2) is 5.08. The average molecular weight is 236 g/mol.